The van der Waals surface area contributed by atoms with Crippen molar-refractivity contribution in [2.24, 2.45) is 0 Å². The third-order valence-electron chi connectivity index (χ3n) is 3.32. The van der Waals surface area contributed by atoms with Crippen LogP contribution in [0.15, 0.2) is 24.4 Å². The lowest BCUT2D eigenvalue weighted by Crippen LogP contribution is -2.30. The Hall–Kier alpha value is -2.02. The van der Waals surface area contributed by atoms with E-state index >= 15 is 0 Å². The number of aliphatic hydroxyl groups is 1. The van der Waals surface area contributed by atoms with E-state index < -0.39 is 6.43 Å². The number of hydrogen-bond acceptors (Lipinski definition) is 3. The fraction of sp³-hybridized carbons (Fsp3) is 0.429. The van der Waals surface area contributed by atoms with E-state index in [1.54, 1.807) is 19.2 Å². The summed E-state index contributed by atoms with van der Waals surface area (Å²) < 4.78 is 27.6. The molecule has 2 rings (SSSR count). The van der Waals surface area contributed by atoms with Crippen molar-refractivity contribution in [2.75, 3.05) is 20.2 Å². The molecule has 2 heterocycles. The number of aryl methyl sites for hydroxylation is 1. The van der Waals surface area contributed by atoms with Gasteiger partial charge in [0, 0.05) is 38.1 Å². The summed E-state index contributed by atoms with van der Waals surface area (Å²) in [7, 11) is 1.57. The van der Waals surface area contributed by atoms with Crippen molar-refractivity contribution in [3.63, 3.8) is 0 Å². The van der Waals surface area contributed by atoms with Gasteiger partial charge in [-0.15, -0.1) is 0 Å². The van der Waals surface area contributed by atoms with E-state index in [0.717, 1.165) is 0 Å². The van der Waals surface area contributed by atoms with E-state index in [1.807, 2.05) is 0 Å². The maximum absolute atomic E-state index is 13.1. The molecule has 0 aromatic carbocycles. The molecular formula is C14H17F2N3O2. The number of alkyl halides is 2. The molecule has 2 aromatic heterocycles. The first-order valence-corrected chi connectivity index (χ1v) is 6.61. The molecule has 0 unspecified atom stereocenters. The van der Waals surface area contributed by atoms with Crippen molar-refractivity contribution in [1.82, 2.24) is 14.5 Å². The zero-order valence-electron chi connectivity index (χ0n) is 11.7. The van der Waals surface area contributed by atoms with E-state index in [-0.39, 0.29) is 37.7 Å². The van der Waals surface area contributed by atoms with Gasteiger partial charge < -0.3 is 14.6 Å². The Balaban J connectivity index is 2.21. The molecule has 0 aliphatic rings. The third kappa shape index (κ3) is 3.36. The highest BCUT2D eigenvalue weighted by atomic mass is 19.3. The first kappa shape index (κ1) is 15.4. The average molecular weight is 297 g/mol. The zero-order valence-corrected chi connectivity index (χ0v) is 11.7. The molecule has 1 amide bonds. The first-order valence-electron chi connectivity index (χ1n) is 6.61. The van der Waals surface area contributed by atoms with Gasteiger partial charge in [-0.25, -0.2) is 13.8 Å². The molecule has 0 bridgehead atoms. The largest absolute Gasteiger partial charge is 0.395 e. The number of halogens is 2. The lowest BCUT2D eigenvalue weighted by atomic mass is 10.3. The molecule has 5 nitrogen and oxygen atoms in total. The molecule has 1 N–H and O–H groups in total. The number of rotatable bonds is 6. The predicted molar refractivity (Wildman–Crippen MR) is 74.0 cm³/mol. The molecular weight excluding hydrogens is 280 g/mol. The monoisotopic (exact) mass is 297 g/mol. The quantitative estimate of drug-likeness (QED) is 0.884. The number of likely N-dealkylation sites (N-methyl/N-ethyl adjacent to an activating group) is 1. The highest BCUT2D eigenvalue weighted by Gasteiger charge is 2.18. The van der Waals surface area contributed by atoms with E-state index in [4.69, 9.17) is 5.11 Å². The van der Waals surface area contributed by atoms with Crippen molar-refractivity contribution < 1.29 is 18.7 Å². The Morgan fingerprint density at radius 3 is 2.95 bits per heavy atom. The van der Waals surface area contributed by atoms with Gasteiger partial charge in [-0.3, -0.25) is 4.79 Å². The van der Waals surface area contributed by atoms with Gasteiger partial charge in [-0.2, -0.15) is 0 Å². The van der Waals surface area contributed by atoms with E-state index in [2.05, 4.69) is 4.98 Å². The number of carbonyl (C=O) groups is 1. The second kappa shape index (κ2) is 6.62. The van der Waals surface area contributed by atoms with Gasteiger partial charge in [0.25, 0.3) is 6.43 Å². The molecule has 21 heavy (non-hydrogen) atoms. The minimum absolute atomic E-state index is 0.0799. The normalized spacial score (nSPS) is 11.3. The number of carbonyl (C=O) groups excluding carboxylic acids is 1. The van der Waals surface area contributed by atoms with Gasteiger partial charge in [-0.05, 0) is 18.2 Å². The summed E-state index contributed by atoms with van der Waals surface area (Å²) in [6, 6.07) is 4.79. The van der Waals surface area contributed by atoms with Crippen LogP contribution in [0.1, 0.15) is 18.5 Å². The van der Waals surface area contributed by atoms with Crippen LogP contribution in [0.3, 0.4) is 0 Å². The van der Waals surface area contributed by atoms with Crippen molar-refractivity contribution in [2.45, 2.75) is 19.4 Å². The Labute approximate surface area is 120 Å². The third-order valence-corrected chi connectivity index (χ3v) is 3.32. The second-order valence-corrected chi connectivity index (χ2v) is 4.73. The number of aromatic nitrogens is 2. The molecule has 2 aromatic rings. The fourth-order valence-electron chi connectivity index (χ4n) is 2.20. The highest BCUT2D eigenvalue weighted by molar-refractivity contribution is 5.78. The zero-order chi connectivity index (χ0) is 15.4. The number of pyridine rings is 1. The maximum Gasteiger partial charge on any atom is 0.278 e. The summed E-state index contributed by atoms with van der Waals surface area (Å²) in [5, 5.41) is 9.42. The summed E-state index contributed by atoms with van der Waals surface area (Å²) in [5.74, 6) is -0.206. The van der Waals surface area contributed by atoms with Crippen LogP contribution in [-0.4, -0.2) is 45.7 Å². The van der Waals surface area contributed by atoms with E-state index in [1.165, 1.54) is 21.7 Å². The summed E-state index contributed by atoms with van der Waals surface area (Å²) in [6.45, 7) is 0.235. The van der Waals surface area contributed by atoms with Crippen molar-refractivity contribution in [1.29, 1.82) is 0 Å². The van der Waals surface area contributed by atoms with Gasteiger partial charge in [0.15, 0.2) is 0 Å². The topological polar surface area (TPSA) is 58.4 Å². The molecule has 0 saturated heterocycles. The minimum atomic E-state index is -2.62. The van der Waals surface area contributed by atoms with Gasteiger partial charge >= 0.3 is 0 Å². The average Bonchev–Trinajstić information content (AvgIpc) is 2.84. The molecule has 0 aliphatic heterocycles. The molecule has 0 aliphatic carbocycles. The lowest BCUT2D eigenvalue weighted by Gasteiger charge is -2.16. The number of aliphatic hydroxyl groups excluding tert-OH is 1. The van der Waals surface area contributed by atoms with Gasteiger partial charge in [0.1, 0.15) is 5.65 Å². The number of nitrogens with zero attached hydrogens (tertiary/aromatic N) is 3. The molecule has 0 atom stereocenters. The maximum atomic E-state index is 13.1. The molecule has 114 valence electrons. The Morgan fingerprint density at radius 1 is 1.52 bits per heavy atom. The standard InChI is InChI=1S/C14H17F2N3O2/c1-18(7-8-20)12(21)4-6-19-11(13(15)16)9-10-3-2-5-17-14(10)19/h2-3,5,9,13,20H,4,6-8H2,1H3. The smallest absolute Gasteiger partial charge is 0.278 e. The predicted octanol–water partition coefficient (Wildman–Crippen LogP) is 1.81. The fourth-order valence-corrected chi connectivity index (χ4v) is 2.20. The summed E-state index contributed by atoms with van der Waals surface area (Å²) >= 11 is 0. The molecule has 0 fully saturated rings. The van der Waals surface area contributed by atoms with Crippen molar-refractivity contribution in [3.05, 3.63) is 30.1 Å². The summed E-state index contributed by atoms with van der Waals surface area (Å²) in [5.41, 5.74) is 0.312. The summed E-state index contributed by atoms with van der Waals surface area (Å²) in [4.78, 5) is 17.3. The van der Waals surface area contributed by atoms with Gasteiger partial charge in [0.05, 0.1) is 12.3 Å². The van der Waals surface area contributed by atoms with E-state index in [0.29, 0.717) is 11.0 Å². The van der Waals surface area contributed by atoms with Crippen LogP contribution in [0.2, 0.25) is 0 Å². The summed E-state index contributed by atoms with van der Waals surface area (Å²) in [6.07, 6.45) is -1.01. The van der Waals surface area contributed by atoms with Crippen LogP contribution in [0.5, 0.6) is 0 Å². The van der Waals surface area contributed by atoms with Crippen molar-refractivity contribution in [3.8, 4) is 0 Å². The SMILES string of the molecule is CN(CCO)C(=O)CCn1c(C(F)F)cc2cccnc21. The molecule has 7 heteroatoms. The van der Waals surface area contributed by atoms with Crippen LogP contribution >= 0.6 is 0 Å². The second-order valence-electron chi connectivity index (χ2n) is 4.73. The number of fused-ring (bicyclic) bond motifs is 1. The minimum Gasteiger partial charge on any atom is -0.395 e. The van der Waals surface area contributed by atoms with Crippen LogP contribution in [0.25, 0.3) is 11.0 Å². The van der Waals surface area contributed by atoms with E-state index in [9.17, 15) is 13.6 Å². The number of hydrogen-bond donors (Lipinski definition) is 1. The molecule has 0 spiro atoms. The van der Waals surface area contributed by atoms with Crippen LogP contribution in [0, 0.1) is 0 Å². The van der Waals surface area contributed by atoms with Gasteiger partial charge in [-0.1, -0.05) is 0 Å². The van der Waals surface area contributed by atoms with Crippen molar-refractivity contribution >= 4 is 16.9 Å². The first-order chi connectivity index (χ1) is 10.0. The Morgan fingerprint density at radius 2 is 2.29 bits per heavy atom. The van der Waals surface area contributed by atoms with Crippen LogP contribution < -0.4 is 0 Å². The molecule has 0 saturated carbocycles. The van der Waals surface area contributed by atoms with Gasteiger partial charge in [0.2, 0.25) is 5.91 Å². The Bertz CT molecular complexity index is 628. The highest BCUT2D eigenvalue weighted by Crippen LogP contribution is 2.26. The lowest BCUT2D eigenvalue weighted by molar-refractivity contribution is -0.130. The van der Waals surface area contributed by atoms with Crippen LogP contribution in [0.4, 0.5) is 8.78 Å². The molecule has 0 radical (unpaired) electrons. The Kier molecular flexibility index (Phi) is 4.85. The number of amides is 1. The van der Waals surface area contributed by atoms with Crippen LogP contribution in [-0.2, 0) is 11.3 Å².